The van der Waals surface area contributed by atoms with Crippen LogP contribution in [0.15, 0.2) is 11.6 Å². The van der Waals surface area contributed by atoms with Gasteiger partial charge in [-0.25, -0.2) is 4.39 Å². The summed E-state index contributed by atoms with van der Waals surface area (Å²) in [6.45, 7) is 0.797. The van der Waals surface area contributed by atoms with E-state index in [0.717, 1.165) is 6.92 Å². The molecule has 0 radical (unpaired) electrons. The maximum absolute atomic E-state index is 13.5. The summed E-state index contributed by atoms with van der Waals surface area (Å²) >= 11 is 0. The van der Waals surface area contributed by atoms with Crippen molar-refractivity contribution in [1.82, 2.24) is 0 Å². The molecule has 0 rings (SSSR count). The molecule has 0 saturated carbocycles. The van der Waals surface area contributed by atoms with E-state index in [1.165, 1.54) is 0 Å². The highest BCUT2D eigenvalue weighted by Gasteiger charge is 2.73. The number of allylic oxidation sites excluding steroid dienone is 2. The van der Waals surface area contributed by atoms with Crippen LogP contribution in [0.5, 0.6) is 0 Å². The molecule has 0 aliphatic rings. The summed E-state index contributed by atoms with van der Waals surface area (Å²) in [5, 5.41) is 0. The minimum absolute atomic E-state index is 0.00840. The molecular weight excluding hydrogens is 310 g/mol. The second-order valence-corrected chi connectivity index (χ2v) is 3.89. The zero-order valence-electron chi connectivity index (χ0n) is 9.98. The van der Waals surface area contributed by atoms with E-state index in [-0.39, 0.29) is 6.08 Å². The van der Waals surface area contributed by atoms with Crippen LogP contribution in [0.3, 0.4) is 0 Å². The smallest absolute Gasteiger partial charge is 0.219 e. The van der Waals surface area contributed by atoms with Crippen molar-refractivity contribution in [3.63, 3.8) is 0 Å². The Hall–Kier alpha value is -0.960. The van der Waals surface area contributed by atoms with Gasteiger partial charge in [0.25, 0.3) is 0 Å². The van der Waals surface area contributed by atoms with E-state index in [2.05, 4.69) is 0 Å². The zero-order valence-corrected chi connectivity index (χ0v) is 9.98. The van der Waals surface area contributed by atoms with Crippen LogP contribution < -0.4 is 0 Å². The Morgan fingerprint density at radius 3 is 1.45 bits per heavy atom. The van der Waals surface area contributed by atoms with Crippen LogP contribution in [0, 0.1) is 0 Å². The zero-order chi connectivity index (χ0) is 16.4. The molecule has 0 bridgehead atoms. The van der Waals surface area contributed by atoms with Gasteiger partial charge in [0.1, 0.15) is 0 Å². The van der Waals surface area contributed by atoms with Crippen molar-refractivity contribution in [2.24, 2.45) is 0 Å². The van der Waals surface area contributed by atoms with E-state index in [1.807, 2.05) is 0 Å². The summed E-state index contributed by atoms with van der Waals surface area (Å²) in [5.74, 6) is 0. The van der Waals surface area contributed by atoms with Crippen molar-refractivity contribution in [2.75, 3.05) is 0 Å². The molecule has 10 heteroatoms. The molecule has 0 heterocycles. The van der Waals surface area contributed by atoms with Crippen LogP contribution >= 0.6 is 0 Å². The lowest BCUT2D eigenvalue weighted by molar-refractivity contribution is -0.326. The van der Waals surface area contributed by atoms with Crippen molar-refractivity contribution < 1.29 is 43.9 Å². The third kappa shape index (κ3) is 4.27. The normalized spacial score (nSPS) is 15.7. The van der Waals surface area contributed by atoms with E-state index in [9.17, 15) is 43.9 Å². The van der Waals surface area contributed by atoms with Gasteiger partial charge >= 0.3 is 24.2 Å². The molecule has 20 heavy (non-hydrogen) atoms. The monoisotopic (exact) mass is 320 g/mol. The second-order valence-electron chi connectivity index (χ2n) is 3.89. The Bertz CT molecular complexity index is 329. The largest absolute Gasteiger partial charge is 0.435 e. The van der Waals surface area contributed by atoms with Gasteiger partial charge in [-0.2, -0.15) is 39.5 Å². The Labute approximate surface area is 107 Å². The lowest BCUT2D eigenvalue weighted by Crippen LogP contribution is -2.54. The van der Waals surface area contributed by atoms with Crippen molar-refractivity contribution >= 4 is 0 Å². The molecule has 0 N–H and O–H groups in total. The Balaban J connectivity index is 5.50. The molecule has 0 amide bonds. The van der Waals surface area contributed by atoms with Crippen LogP contribution in [-0.2, 0) is 0 Å². The summed E-state index contributed by atoms with van der Waals surface area (Å²) in [7, 11) is 0. The molecular formula is C10H10F10. The summed E-state index contributed by atoms with van der Waals surface area (Å²) in [6.07, 6.45) is -21.2. The van der Waals surface area contributed by atoms with Gasteiger partial charge in [0, 0.05) is 6.42 Å². The Morgan fingerprint density at radius 2 is 1.20 bits per heavy atom. The number of alkyl halides is 10. The van der Waals surface area contributed by atoms with Crippen LogP contribution in [-0.4, -0.2) is 24.2 Å². The van der Waals surface area contributed by atoms with Gasteiger partial charge in [-0.05, 0) is 18.4 Å². The lowest BCUT2D eigenvalue weighted by Gasteiger charge is -2.32. The van der Waals surface area contributed by atoms with Gasteiger partial charge in [0.15, 0.2) is 0 Å². The first kappa shape index (κ1) is 19.0. The molecule has 0 aliphatic carbocycles. The van der Waals surface area contributed by atoms with E-state index < -0.39 is 49.0 Å². The molecule has 0 aromatic carbocycles. The highest BCUT2D eigenvalue weighted by atomic mass is 19.4. The summed E-state index contributed by atoms with van der Waals surface area (Å²) in [6, 6.07) is 0. The van der Waals surface area contributed by atoms with E-state index in [1.54, 1.807) is 0 Å². The van der Waals surface area contributed by atoms with Crippen LogP contribution in [0.1, 0.15) is 26.2 Å². The molecule has 0 unspecified atom stereocenters. The molecule has 0 spiro atoms. The molecule has 0 fully saturated rings. The lowest BCUT2D eigenvalue weighted by atomic mass is 9.90. The highest BCUT2D eigenvalue weighted by molar-refractivity contribution is 5.23. The molecule has 120 valence electrons. The molecule has 0 atom stereocenters. The fourth-order valence-electron chi connectivity index (χ4n) is 1.46. The number of rotatable bonds is 4. The average Bonchev–Trinajstić information content (AvgIpc) is 2.18. The van der Waals surface area contributed by atoms with Gasteiger partial charge in [-0.3, -0.25) is 0 Å². The van der Waals surface area contributed by atoms with Crippen molar-refractivity contribution in [3.05, 3.63) is 11.6 Å². The van der Waals surface area contributed by atoms with Gasteiger partial charge in [-0.1, -0.05) is 13.0 Å². The van der Waals surface area contributed by atoms with Crippen LogP contribution in [0.25, 0.3) is 0 Å². The van der Waals surface area contributed by atoms with Gasteiger partial charge in [0.05, 0.1) is 0 Å². The summed E-state index contributed by atoms with van der Waals surface area (Å²) in [5.41, 5.74) is -7.41. The second kappa shape index (κ2) is 5.80. The molecule has 0 aromatic heterocycles. The fraction of sp³-hybridized carbons (Fsp3) is 0.800. The Kier molecular flexibility index (Phi) is 5.53. The summed E-state index contributed by atoms with van der Waals surface area (Å²) < 4.78 is 123. The molecule has 0 aliphatic heterocycles. The summed E-state index contributed by atoms with van der Waals surface area (Å²) in [4.78, 5) is 0. The molecule has 0 aromatic rings. The molecule has 0 saturated heterocycles. The third-order valence-electron chi connectivity index (χ3n) is 2.42. The maximum atomic E-state index is 13.5. The highest BCUT2D eigenvalue weighted by Crippen LogP contribution is 2.51. The first-order valence-electron chi connectivity index (χ1n) is 5.25. The third-order valence-corrected chi connectivity index (χ3v) is 2.42. The van der Waals surface area contributed by atoms with Gasteiger partial charge in [-0.15, -0.1) is 0 Å². The van der Waals surface area contributed by atoms with E-state index in [0.29, 0.717) is 0 Å². The standard InChI is InChI=1S/C10H10F10/c1-2-6(4-3-5-7(11,12)13)8(14,9(15,16)17)10(18,19)20/h4H,2-3,5H2,1H3. The molecule has 0 nitrogen and oxygen atoms in total. The van der Waals surface area contributed by atoms with Gasteiger partial charge in [0.2, 0.25) is 0 Å². The van der Waals surface area contributed by atoms with Gasteiger partial charge < -0.3 is 0 Å². The van der Waals surface area contributed by atoms with Crippen molar-refractivity contribution in [1.29, 1.82) is 0 Å². The SMILES string of the molecule is CCC(=CCCC(F)(F)F)C(F)(C(F)(F)F)C(F)(F)F. The number of halogens is 10. The minimum Gasteiger partial charge on any atom is -0.219 e. The Morgan fingerprint density at radius 1 is 0.800 bits per heavy atom. The average molecular weight is 320 g/mol. The van der Waals surface area contributed by atoms with Crippen LogP contribution in [0.2, 0.25) is 0 Å². The van der Waals surface area contributed by atoms with E-state index in [4.69, 9.17) is 0 Å². The van der Waals surface area contributed by atoms with E-state index >= 15 is 0 Å². The van der Waals surface area contributed by atoms with Crippen molar-refractivity contribution in [2.45, 2.75) is 50.4 Å². The fourth-order valence-corrected chi connectivity index (χ4v) is 1.46. The minimum atomic E-state index is -6.30. The predicted octanol–water partition coefficient (Wildman–Crippen LogP) is 5.50. The predicted molar refractivity (Wildman–Crippen MR) is 49.6 cm³/mol. The number of hydrogen-bond donors (Lipinski definition) is 0. The first-order valence-corrected chi connectivity index (χ1v) is 5.25. The van der Waals surface area contributed by atoms with Crippen molar-refractivity contribution in [3.8, 4) is 0 Å². The maximum Gasteiger partial charge on any atom is 0.435 e. The van der Waals surface area contributed by atoms with Crippen LogP contribution in [0.4, 0.5) is 43.9 Å². The number of hydrogen-bond acceptors (Lipinski definition) is 0. The first-order chi connectivity index (χ1) is 8.67. The topological polar surface area (TPSA) is 0 Å². The quantitative estimate of drug-likeness (QED) is 0.474.